The molecule has 0 amide bonds. The van der Waals surface area contributed by atoms with Gasteiger partial charge in [0.25, 0.3) is 0 Å². The summed E-state index contributed by atoms with van der Waals surface area (Å²) in [6.45, 7) is 12.5. The first kappa shape index (κ1) is 25.8. The largest absolute Gasteiger partial charge is 0.490 e. The van der Waals surface area contributed by atoms with Gasteiger partial charge in [0.15, 0.2) is 17.5 Å². The normalized spacial score (nSPS) is 11.1. The monoisotopic (exact) mass is 493 g/mol. The molecule has 0 atom stereocenters. The molecule has 1 aromatic carbocycles. The highest BCUT2D eigenvalue weighted by Gasteiger charge is 2.06. The molecule has 0 aliphatic carbocycles. The summed E-state index contributed by atoms with van der Waals surface area (Å²) in [6, 6.07) is 6.10. The lowest BCUT2D eigenvalue weighted by Gasteiger charge is -2.14. The maximum Gasteiger partial charge on any atom is 0.191 e. The molecule has 0 aromatic heterocycles. The average Bonchev–Trinajstić information content (AvgIpc) is 2.62. The first-order valence-electron chi connectivity index (χ1n) is 9.51. The molecule has 0 saturated carbocycles. The van der Waals surface area contributed by atoms with E-state index in [2.05, 4.69) is 35.5 Å². The van der Waals surface area contributed by atoms with Crippen molar-refractivity contribution in [3.8, 4) is 11.5 Å². The van der Waals surface area contributed by atoms with Gasteiger partial charge in [0.05, 0.1) is 19.8 Å². The molecule has 156 valence electrons. The van der Waals surface area contributed by atoms with Gasteiger partial charge in [0.1, 0.15) is 0 Å². The van der Waals surface area contributed by atoms with Gasteiger partial charge in [-0.1, -0.05) is 19.9 Å². The van der Waals surface area contributed by atoms with Crippen LogP contribution in [-0.4, -0.2) is 52.5 Å². The zero-order valence-electron chi connectivity index (χ0n) is 17.3. The molecule has 1 rings (SSSR count). The third kappa shape index (κ3) is 11.3. The number of hydrogen-bond acceptors (Lipinski definition) is 4. The number of nitrogens with one attached hydrogen (secondary N) is 2. The van der Waals surface area contributed by atoms with E-state index < -0.39 is 0 Å². The van der Waals surface area contributed by atoms with Crippen molar-refractivity contribution in [2.24, 2.45) is 10.9 Å². The number of ether oxygens (including phenoxy) is 3. The summed E-state index contributed by atoms with van der Waals surface area (Å²) in [4.78, 5) is 4.23. The van der Waals surface area contributed by atoms with E-state index in [9.17, 15) is 0 Å². The first-order valence-corrected chi connectivity index (χ1v) is 9.51. The Balaban J connectivity index is 0.00000676. The predicted molar refractivity (Wildman–Crippen MR) is 123 cm³/mol. The van der Waals surface area contributed by atoms with Crippen molar-refractivity contribution in [2.75, 3.05) is 46.6 Å². The molecular formula is C20H36IN3O3. The quantitative estimate of drug-likeness (QED) is 0.202. The fourth-order valence-corrected chi connectivity index (χ4v) is 2.36. The number of hydrogen-bond donors (Lipinski definition) is 2. The second-order valence-electron chi connectivity index (χ2n) is 6.29. The first-order chi connectivity index (χ1) is 12.6. The summed E-state index contributed by atoms with van der Waals surface area (Å²) >= 11 is 0. The van der Waals surface area contributed by atoms with Crippen LogP contribution in [0.15, 0.2) is 23.2 Å². The number of aliphatic imine (C=N–C) groups is 1. The topological polar surface area (TPSA) is 64.1 Å². The minimum absolute atomic E-state index is 0. The Morgan fingerprint density at radius 2 is 1.70 bits per heavy atom. The summed E-state index contributed by atoms with van der Waals surface area (Å²) in [5.74, 6) is 2.94. The molecule has 27 heavy (non-hydrogen) atoms. The standard InChI is InChI=1S/C20H35N3O3.HI/c1-6-25-18-9-8-17(14-19(18)26-7-2)10-11-22-20(21-5)23-12-13-24-15-16(3)4;/h8-9,14,16H,6-7,10-13,15H2,1-5H3,(H2,21,22,23);1H. The molecule has 0 saturated heterocycles. The number of halogens is 1. The highest BCUT2D eigenvalue weighted by molar-refractivity contribution is 14.0. The number of rotatable bonds is 12. The second-order valence-corrected chi connectivity index (χ2v) is 6.29. The Kier molecular flexibility index (Phi) is 15.1. The van der Waals surface area contributed by atoms with E-state index in [0.717, 1.165) is 43.6 Å². The SMILES string of the molecule is CCOc1ccc(CCNC(=NC)NCCOCC(C)C)cc1OCC.I. The maximum absolute atomic E-state index is 5.68. The number of nitrogens with zero attached hydrogens (tertiary/aromatic N) is 1. The lowest BCUT2D eigenvalue weighted by molar-refractivity contribution is 0.114. The average molecular weight is 493 g/mol. The molecule has 0 aliphatic heterocycles. The van der Waals surface area contributed by atoms with E-state index in [1.165, 1.54) is 5.56 Å². The van der Waals surface area contributed by atoms with Gasteiger partial charge in [-0.05, 0) is 43.9 Å². The Hall–Kier alpha value is -1.22. The molecule has 7 heteroatoms. The van der Waals surface area contributed by atoms with Gasteiger partial charge in [-0.2, -0.15) is 0 Å². The van der Waals surface area contributed by atoms with Gasteiger partial charge in [-0.15, -0.1) is 24.0 Å². The van der Waals surface area contributed by atoms with Crippen LogP contribution in [0.4, 0.5) is 0 Å². The van der Waals surface area contributed by atoms with Gasteiger partial charge in [-0.25, -0.2) is 0 Å². The van der Waals surface area contributed by atoms with Crippen molar-refractivity contribution in [2.45, 2.75) is 34.1 Å². The van der Waals surface area contributed by atoms with Crippen LogP contribution in [0.25, 0.3) is 0 Å². The van der Waals surface area contributed by atoms with Crippen molar-refractivity contribution >= 4 is 29.9 Å². The van der Waals surface area contributed by atoms with Crippen molar-refractivity contribution in [3.63, 3.8) is 0 Å². The Bertz CT molecular complexity index is 539. The highest BCUT2D eigenvalue weighted by atomic mass is 127. The molecule has 0 unspecified atom stereocenters. The van der Waals surface area contributed by atoms with E-state index in [0.29, 0.717) is 25.7 Å². The van der Waals surface area contributed by atoms with E-state index in [1.54, 1.807) is 7.05 Å². The lowest BCUT2D eigenvalue weighted by atomic mass is 10.1. The van der Waals surface area contributed by atoms with Gasteiger partial charge in [0.2, 0.25) is 0 Å². The van der Waals surface area contributed by atoms with Crippen LogP contribution in [0, 0.1) is 5.92 Å². The third-order valence-electron chi connectivity index (χ3n) is 3.53. The van der Waals surface area contributed by atoms with Crippen LogP contribution < -0.4 is 20.1 Å². The Morgan fingerprint density at radius 3 is 2.33 bits per heavy atom. The van der Waals surface area contributed by atoms with Crippen molar-refractivity contribution in [1.29, 1.82) is 0 Å². The summed E-state index contributed by atoms with van der Waals surface area (Å²) in [7, 11) is 1.77. The summed E-state index contributed by atoms with van der Waals surface area (Å²) in [5.41, 5.74) is 1.19. The highest BCUT2D eigenvalue weighted by Crippen LogP contribution is 2.28. The molecule has 1 aromatic rings. The van der Waals surface area contributed by atoms with Gasteiger partial charge in [0, 0.05) is 26.7 Å². The van der Waals surface area contributed by atoms with Crippen molar-refractivity contribution in [1.82, 2.24) is 10.6 Å². The van der Waals surface area contributed by atoms with Crippen LogP contribution in [0.2, 0.25) is 0 Å². The van der Waals surface area contributed by atoms with E-state index in [-0.39, 0.29) is 24.0 Å². The summed E-state index contributed by atoms with van der Waals surface area (Å²) in [6.07, 6.45) is 0.872. The molecule has 0 radical (unpaired) electrons. The van der Waals surface area contributed by atoms with E-state index in [1.807, 2.05) is 26.0 Å². The Morgan fingerprint density at radius 1 is 1.04 bits per heavy atom. The third-order valence-corrected chi connectivity index (χ3v) is 3.53. The molecule has 2 N–H and O–H groups in total. The molecular weight excluding hydrogens is 457 g/mol. The molecule has 0 bridgehead atoms. The number of guanidine groups is 1. The van der Waals surface area contributed by atoms with E-state index in [4.69, 9.17) is 14.2 Å². The van der Waals surface area contributed by atoms with Crippen LogP contribution in [0.5, 0.6) is 11.5 Å². The van der Waals surface area contributed by atoms with Gasteiger partial charge < -0.3 is 24.8 Å². The second kappa shape index (κ2) is 15.8. The molecule has 0 fully saturated rings. The minimum Gasteiger partial charge on any atom is -0.490 e. The molecule has 6 nitrogen and oxygen atoms in total. The summed E-state index contributed by atoms with van der Waals surface area (Å²) in [5, 5.41) is 6.58. The number of benzene rings is 1. The van der Waals surface area contributed by atoms with Crippen molar-refractivity contribution in [3.05, 3.63) is 23.8 Å². The zero-order chi connectivity index (χ0) is 19.2. The molecule has 0 heterocycles. The minimum atomic E-state index is 0. The van der Waals surface area contributed by atoms with Crippen molar-refractivity contribution < 1.29 is 14.2 Å². The van der Waals surface area contributed by atoms with Gasteiger partial charge >= 0.3 is 0 Å². The van der Waals surface area contributed by atoms with Crippen LogP contribution in [0.3, 0.4) is 0 Å². The molecule has 0 spiro atoms. The Labute approximate surface area is 181 Å². The fourth-order valence-electron chi connectivity index (χ4n) is 2.36. The van der Waals surface area contributed by atoms with Crippen LogP contribution >= 0.6 is 24.0 Å². The van der Waals surface area contributed by atoms with Crippen LogP contribution in [-0.2, 0) is 11.2 Å². The fraction of sp³-hybridized carbons (Fsp3) is 0.650. The smallest absolute Gasteiger partial charge is 0.191 e. The van der Waals surface area contributed by atoms with Crippen LogP contribution in [0.1, 0.15) is 33.3 Å². The maximum atomic E-state index is 5.68. The predicted octanol–water partition coefficient (Wildman–Crippen LogP) is 3.48. The summed E-state index contributed by atoms with van der Waals surface area (Å²) < 4.78 is 16.8. The van der Waals surface area contributed by atoms with Gasteiger partial charge in [-0.3, -0.25) is 4.99 Å². The zero-order valence-corrected chi connectivity index (χ0v) is 19.7. The molecule has 0 aliphatic rings. The lowest BCUT2D eigenvalue weighted by Crippen LogP contribution is -2.39. The van der Waals surface area contributed by atoms with E-state index >= 15 is 0 Å².